The van der Waals surface area contributed by atoms with E-state index in [0.717, 1.165) is 12.8 Å². The van der Waals surface area contributed by atoms with Crippen LogP contribution in [0.3, 0.4) is 0 Å². The molecule has 276 valence electrons. The predicted octanol–water partition coefficient (Wildman–Crippen LogP) is 13.8. The third kappa shape index (κ3) is 7.68. The molecule has 0 heterocycles. The molecule has 0 aliphatic heterocycles. The Kier molecular flexibility index (Phi) is 13.2. The van der Waals surface area contributed by atoms with Crippen molar-refractivity contribution in [1.29, 1.82) is 0 Å². The van der Waals surface area contributed by atoms with Crippen molar-refractivity contribution in [1.82, 2.24) is 0 Å². The molecule has 0 amide bonds. The van der Waals surface area contributed by atoms with E-state index in [1.165, 1.54) is 33.4 Å². The fourth-order valence-electron chi connectivity index (χ4n) is 9.20. The molecule has 0 saturated carbocycles. The predicted molar refractivity (Wildman–Crippen MR) is 238 cm³/mol. The van der Waals surface area contributed by atoms with E-state index in [-0.39, 0.29) is 24.8 Å². The largest absolute Gasteiger partial charge is 0.147 e. The molecule has 6 aromatic rings. The molecule has 0 fully saturated rings. The van der Waals surface area contributed by atoms with Gasteiger partial charge in [0.05, 0.1) is 0 Å². The quantitative estimate of drug-likeness (QED) is 0.146. The molecule has 0 radical (unpaired) electrons. The molecule has 0 atom stereocenters. The van der Waals surface area contributed by atoms with Crippen LogP contribution in [0.25, 0.3) is 22.3 Å². The molecule has 0 spiro atoms. The number of fused-ring (bicyclic) bond motifs is 6. The molecule has 6 aromatic carbocycles. The van der Waals surface area contributed by atoms with E-state index in [2.05, 4.69) is 208 Å². The van der Waals surface area contributed by atoms with E-state index in [1.54, 1.807) is 35.4 Å². The molecular weight excluding hydrogens is 1050 g/mol. The minimum atomic E-state index is -2.38. The third-order valence-electron chi connectivity index (χ3n) is 11.7. The van der Waals surface area contributed by atoms with Gasteiger partial charge in [-0.15, -0.1) is 24.8 Å². The Bertz CT molecular complexity index is 2300. The number of rotatable bonds is 6. The fourth-order valence-corrected chi connectivity index (χ4v) is 34.4. The maximum Gasteiger partial charge on any atom is -0.147 e. The van der Waals surface area contributed by atoms with Crippen LogP contribution in [0.4, 0.5) is 0 Å². The van der Waals surface area contributed by atoms with Gasteiger partial charge in [0.15, 0.2) is 0 Å². The Morgan fingerprint density at radius 1 is 0.393 bits per heavy atom. The number of hydrogen-bond donors (Lipinski definition) is 0. The summed E-state index contributed by atoms with van der Waals surface area (Å²) in [7, 11) is 0. The van der Waals surface area contributed by atoms with E-state index in [1.807, 2.05) is 0 Å². The first-order chi connectivity index (χ1) is 26.7. The number of benzene rings is 6. The maximum atomic E-state index is 2.43. The van der Waals surface area contributed by atoms with Crippen molar-refractivity contribution in [2.24, 2.45) is 0 Å². The van der Waals surface area contributed by atoms with Crippen molar-refractivity contribution in [3.63, 3.8) is 0 Å². The molecule has 0 bridgehead atoms. The standard InChI is InChI=1S/2C13H9.2C8H8.2C5H5.2ClH.2Hf/c2*1-3-7-12-10(5-1)9-11-6-2-4-8-13(11)12;2*1-2-8-6-4-3-5-7-8;2*1-2-4-5-3-1;;;;/h2*1-9H;2*3-7H,1H3;2*1-3H,4H2;2*1H;;. The van der Waals surface area contributed by atoms with Gasteiger partial charge in [0.2, 0.25) is 0 Å². The van der Waals surface area contributed by atoms with Crippen molar-refractivity contribution in [3.8, 4) is 22.3 Å². The number of hydrogen-bond acceptors (Lipinski definition) is 0. The van der Waals surface area contributed by atoms with Crippen LogP contribution in [0.5, 0.6) is 0 Å². The van der Waals surface area contributed by atoms with Crippen LogP contribution in [0.15, 0.2) is 201 Å². The second kappa shape index (κ2) is 18.3. The van der Waals surface area contributed by atoms with E-state index in [0.29, 0.717) is 7.35 Å². The maximum absolute atomic E-state index is 2.43. The van der Waals surface area contributed by atoms with Gasteiger partial charge in [0, 0.05) is 0 Å². The van der Waals surface area contributed by atoms with Gasteiger partial charge in [0.1, 0.15) is 0 Å². The first-order valence-corrected chi connectivity index (χ1v) is 30.6. The van der Waals surface area contributed by atoms with Crippen molar-refractivity contribution >= 4 is 31.3 Å². The summed E-state index contributed by atoms with van der Waals surface area (Å²) in [5.41, 5.74) is 14.9. The van der Waals surface area contributed by atoms with Gasteiger partial charge in [-0.1, -0.05) is 0 Å². The van der Waals surface area contributed by atoms with Crippen molar-refractivity contribution in [3.05, 3.63) is 234 Å². The second-order valence-corrected chi connectivity index (χ2v) is 34.8. The summed E-state index contributed by atoms with van der Waals surface area (Å²) in [5, 5.41) is 0. The fraction of sp³-hybridized carbons (Fsp3) is 0.115. The molecule has 56 heavy (non-hydrogen) atoms. The SMILES string of the molecule is C/[C](c1ccccc1)=[Hf](/[C]1=CC=CC1)[CH]1c2ccccc2-c2ccccc21.C/[C](c1ccccc1)=[Hf](/[C]1=CC=CC1)[CH]1c2ccccc2-c2ccccc21.Cl.Cl. The summed E-state index contributed by atoms with van der Waals surface area (Å²) >= 11 is -4.76. The van der Waals surface area contributed by atoms with Crippen LogP contribution in [0.1, 0.15) is 67.4 Å². The Morgan fingerprint density at radius 2 is 0.679 bits per heavy atom. The summed E-state index contributed by atoms with van der Waals surface area (Å²) in [6, 6.07) is 58.6. The Balaban J connectivity index is 0.000000166. The van der Waals surface area contributed by atoms with E-state index in [9.17, 15) is 0 Å². The molecule has 0 nitrogen and oxygen atoms in total. The molecule has 4 aliphatic rings. The van der Waals surface area contributed by atoms with Gasteiger partial charge in [-0.2, -0.15) is 0 Å². The molecule has 10 rings (SSSR count). The Morgan fingerprint density at radius 3 is 0.964 bits per heavy atom. The molecule has 4 heteroatoms. The van der Waals surface area contributed by atoms with Crippen LogP contribution < -0.4 is 0 Å². The monoisotopic (exact) mass is 1100 g/mol. The molecule has 4 aliphatic carbocycles. The van der Waals surface area contributed by atoms with E-state index >= 15 is 0 Å². The normalized spacial score (nSPS) is 15.4. The minimum Gasteiger partial charge on any atom is -0.147 e. The van der Waals surface area contributed by atoms with E-state index in [4.69, 9.17) is 0 Å². The van der Waals surface area contributed by atoms with Crippen molar-refractivity contribution in [2.45, 2.75) is 34.0 Å². The first kappa shape index (κ1) is 40.5. The van der Waals surface area contributed by atoms with Gasteiger partial charge < -0.3 is 0 Å². The van der Waals surface area contributed by atoms with Crippen LogP contribution >= 0.6 is 24.8 Å². The summed E-state index contributed by atoms with van der Waals surface area (Å²) < 4.78 is 8.00. The molecule has 0 unspecified atom stereocenters. The topological polar surface area (TPSA) is 0 Å². The zero-order valence-corrected chi connectivity index (χ0v) is 40.7. The zero-order valence-electron chi connectivity index (χ0n) is 31.9. The van der Waals surface area contributed by atoms with Crippen LogP contribution in [-0.2, 0) is 41.9 Å². The Hall–Kier alpha value is -3.66. The molecule has 0 aromatic heterocycles. The number of allylic oxidation sites excluding steroid dienone is 8. The van der Waals surface area contributed by atoms with Gasteiger partial charge in [-0.05, 0) is 0 Å². The molecule has 0 saturated heterocycles. The van der Waals surface area contributed by atoms with Crippen molar-refractivity contribution in [2.75, 3.05) is 0 Å². The van der Waals surface area contributed by atoms with Crippen molar-refractivity contribution < 1.29 is 41.9 Å². The first-order valence-electron chi connectivity index (χ1n) is 19.3. The molecule has 0 N–H and O–H groups in total. The van der Waals surface area contributed by atoms with Gasteiger partial charge in [0.25, 0.3) is 0 Å². The average molecular weight is 1100 g/mol. The minimum absolute atomic E-state index is 0. The summed E-state index contributed by atoms with van der Waals surface area (Å²) in [5.74, 6) is 0. The Labute approximate surface area is 360 Å². The summed E-state index contributed by atoms with van der Waals surface area (Å²) in [6.07, 6.45) is 16.4. The number of halogens is 2. The third-order valence-corrected chi connectivity index (χ3v) is 35.8. The van der Waals surface area contributed by atoms with Crippen LogP contribution in [-0.4, -0.2) is 6.51 Å². The van der Waals surface area contributed by atoms with Gasteiger partial charge >= 0.3 is 339 Å². The average Bonchev–Trinajstić information content (AvgIpc) is 4.07. The van der Waals surface area contributed by atoms with Gasteiger partial charge in [-0.25, -0.2) is 0 Å². The smallest absolute Gasteiger partial charge is 0.147 e. The molecular formula is C52H46Cl2Hf2. The van der Waals surface area contributed by atoms with Crippen LogP contribution in [0.2, 0.25) is 0 Å². The summed E-state index contributed by atoms with van der Waals surface area (Å²) in [6.45, 7) is 4.83. The van der Waals surface area contributed by atoms with Gasteiger partial charge in [-0.3, -0.25) is 0 Å². The van der Waals surface area contributed by atoms with E-state index < -0.39 is 41.9 Å². The summed E-state index contributed by atoms with van der Waals surface area (Å²) in [4.78, 5) is 0. The zero-order chi connectivity index (χ0) is 36.4. The van der Waals surface area contributed by atoms with Crippen LogP contribution in [0, 0.1) is 0 Å². The second-order valence-electron chi connectivity index (χ2n) is 14.7.